The Morgan fingerprint density at radius 2 is 1.86 bits per heavy atom. The molecular formula is C16H12F2N2O. The number of nitrogens with one attached hydrogen (secondary N) is 1. The summed E-state index contributed by atoms with van der Waals surface area (Å²) in [5.41, 5.74) is 1.50. The van der Waals surface area contributed by atoms with Crippen LogP contribution in [0.5, 0.6) is 0 Å². The number of hydrogen-bond acceptors (Lipinski definition) is 2. The molecule has 0 saturated heterocycles. The van der Waals surface area contributed by atoms with E-state index >= 15 is 0 Å². The molecule has 0 heterocycles. The molecule has 106 valence electrons. The van der Waals surface area contributed by atoms with Gasteiger partial charge in [0.15, 0.2) is 0 Å². The Morgan fingerprint density at radius 3 is 2.48 bits per heavy atom. The Morgan fingerprint density at radius 1 is 1.14 bits per heavy atom. The molecule has 0 aliphatic rings. The average molecular weight is 286 g/mol. The zero-order chi connectivity index (χ0) is 15.2. The number of nitriles is 1. The summed E-state index contributed by atoms with van der Waals surface area (Å²) in [4.78, 5) is 11.7. The van der Waals surface area contributed by atoms with Crippen molar-refractivity contribution in [2.75, 3.05) is 0 Å². The van der Waals surface area contributed by atoms with Crippen LogP contribution in [-0.4, -0.2) is 5.91 Å². The molecule has 0 aliphatic carbocycles. The van der Waals surface area contributed by atoms with E-state index in [9.17, 15) is 13.6 Å². The lowest BCUT2D eigenvalue weighted by Crippen LogP contribution is -2.25. The van der Waals surface area contributed by atoms with Gasteiger partial charge in [0, 0.05) is 18.2 Å². The molecular weight excluding hydrogens is 274 g/mol. The highest BCUT2D eigenvalue weighted by Gasteiger charge is 2.07. The van der Waals surface area contributed by atoms with Crippen molar-refractivity contribution in [3.05, 3.63) is 70.8 Å². The van der Waals surface area contributed by atoms with Crippen molar-refractivity contribution >= 4 is 5.91 Å². The first-order valence-electron chi connectivity index (χ1n) is 6.28. The number of rotatable bonds is 4. The first-order chi connectivity index (χ1) is 10.1. The van der Waals surface area contributed by atoms with Crippen molar-refractivity contribution in [2.45, 2.75) is 13.0 Å². The molecule has 0 saturated carbocycles. The molecule has 1 N–H and O–H groups in total. The molecule has 0 atom stereocenters. The third-order valence-corrected chi connectivity index (χ3v) is 2.94. The molecule has 0 aromatic heterocycles. The van der Waals surface area contributed by atoms with Gasteiger partial charge >= 0.3 is 0 Å². The maximum absolute atomic E-state index is 13.4. The van der Waals surface area contributed by atoms with E-state index in [1.807, 2.05) is 6.07 Å². The second-order valence-electron chi connectivity index (χ2n) is 4.50. The number of nitrogens with zero attached hydrogens (tertiary/aromatic N) is 1. The van der Waals surface area contributed by atoms with Crippen LogP contribution in [0.2, 0.25) is 0 Å². The van der Waals surface area contributed by atoms with E-state index in [0.717, 1.165) is 17.7 Å². The fourth-order valence-corrected chi connectivity index (χ4v) is 1.80. The number of amides is 1. The molecule has 3 nitrogen and oxygen atoms in total. The van der Waals surface area contributed by atoms with Gasteiger partial charge in [-0.15, -0.1) is 0 Å². The fourth-order valence-electron chi connectivity index (χ4n) is 1.80. The van der Waals surface area contributed by atoms with Crippen molar-refractivity contribution in [1.29, 1.82) is 5.26 Å². The predicted molar refractivity (Wildman–Crippen MR) is 73.1 cm³/mol. The number of carbonyl (C=O) groups is 1. The lowest BCUT2D eigenvalue weighted by molar-refractivity contribution is -0.120. The summed E-state index contributed by atoms with van der Waals surface area (Å²) in [5.74, 6) is -1.61. The minimum atomic E-state index is -0.686. The van der Waals surface area contributed by atoms with Gasteiger partial charge in [0.1, 0.15) is 11.6 Å². The van der Waals surface area contributed by atoms with Crippen LogP contribution in [0.1, 0.15) is 16.7 Å². The molecule has 0 aliphatic heterocycles. The van der Waals surface area contributed by atoms with E-state index in [4.69, 9.17) is 5.26 Å². The number of benzene rings is 2. The summed E-state index contributed by atoms with van der Waals surface area (Å²) in [5, 5.41) is 11.2. The molecule has 21 heavy (non-hydrogen) atoms. The Hall–Kier alpha value is -2.74. The van der Waals surface area contributed by atoms with E-state index in [0.29, 0.717) is 5.56 Å². The van der Waals surface area contributed by atoms with Crippen LogP contribution in [-0.2, 0) is 17.8 Å². The van der Waals surface area contributed by atoms with Crippen molar-refractivity contribution in [1.82, 2.24) is 5.32 Å². The van der Waals surface area contributed by atoms with Crippen molar-refractivity contribution in [3.63, 3.8) is 0 Å². The molecule has 2 aromatic rings. The summed E-state index contributed by atoms with van der Waals surface area (Å²) in [6.07, 6.45) is 0.133. The summed E-state index contributed by atoms with van der Waals surface area (Å²) in [7, 11) is 0. The van der Waals surface area contributed by atoms with Crippen LogP contribution >= 0.6 is 0 Å². The largest absolute Gasteiger partial charge is 0.352 e. The van der Waals surface area contributed by atoms with Gasteiger partial charge in [-0.2, -0.15) is 5.26 Å². The van der Waals surface area contributed by atoms with E-state index in [1.165, 1.54) is 6.07 Å². The monoisotopic (exact) mass is 286 g/mol. The van der Waals surface area contributed by atoms with E-state index in [1.54, 1.807) is 24.3 Å². The van der Waals surface area contributed by atoms with E-state index in [2.05, 4.69) is 5.32 Å². The van der Waals surface area contributed by atoms with Crippen molar-refractivity contribution in [3.8, 4) is 6.07 Å². The molecule has 0 fully saturated rings. The van der Waals surface area contributed by atoms with Crippen LogP contribution in [0.25, 0.3) is 0 Å². The smallest absolute Gasteiger partial charge is 0.224 e. The molecule has 2 rings (SSSR count). The normalized spacial score (nSPS) is 9.95. The number of halogens is 2. The maximum atomic E-state index is 13.4. The minimum Gasteiger partial charge on any atom is -0.352 e. The van der Waals surface area contributed by atoms with E-state index < -0.39 is 11.6 Å². The maximum Gasteiger partial charge on any atom is 0.224 e. The van der Waals surface area contributed by atoms with Gasteiger partial charge < -0.3 is 5.32 Å². The topological polar surface area (TPSA) is 52.9 Å². The Labute approximate surface area is 120 Å². The lowest BCUT2D eigenvalue weighted by Gasteiger charge is -2.06. The van der Waals surface area contributed by atoms with Gasteiger partial charge in [-0.05, 0) is 23.8 Å². The van der Waals surface area contributed by atoms with Gasteiger partial charge in [0.2, 0.25) is 5.91 Å². The highest BCUT2D eigenvalue weighted by atomic mass is 19.1. The summed E-state index contributed by atoms with van der Waals surface area (Å²) < 4.78 is 26.1. The summed E-state index contributed by atoms with van der Waals surface area (Å²) in [6.45, 7) is 0.00122. The second-order valence-corrected chi connectivity index (χ2v) is 4.50. The third-order valence-electron chi connectivity index (χ3n) is 2.94. The fraction of sp³-hybridized carbons (Fsp3) is 0.125. The van der Waals surface area contributed by atoms with Crippen LogP contribution in [0.3, 0.4) is 0 Å². The molecule has 1 amide bonds. The first kappa shape index (κ1) is 14.7. The van der Waals surface area contributed by atoms with Crippen LogP contribution in [0, 0.1) is 23.0 Å². The predicted octanol–water partition coefficient (Wildman–Crippen LogP) is 2.70. The molecule has 2 aromatic carbocycles. The van der Waals surface area contributed by atoms with Gasteiger partial charge in [-0.1, -0.05) is 18.2 Å². The van der Waals surface area contributed by atoms with Gasteiger partial charge in [0.25, 0.3) is 0 Å². The van der Waals surface area contributed by atoms with E-state index in [-0.39, 0.29) is 24.4 Å². The molecule has 0 radical (unpaired) electrons. The zero-order valence-corrected chi connectivity index (χ0v) is 11.1. The van der Waals surface area contributed by atoms with Crippen LogP contribution in [0.4, 0.5) is 8.78 Å². The van der Waals surface area contributed by atoms with Crippen molar-refractivity contribution in [2.24, 2.45) is 0 Å². The molecule has 5 heteroatoms. The Balaban J connectivity index is 1.91. The van der Waals surface area contributed by atoms with Crippen molar-refractivity contribution < 1.29 is 13.6 Å². The highest BCUT2D eigenvalue weighted by molar-refractivity contribution is 5.78. The number of hydrogen-bond donors (Lipinski definition) is 1. The number of carbonyl (C=O) groups excluding carboxylic acids is 1. The van der Waals surface area contributed by atoms with Gasteiger partial charge in [0.05, 0.1) is 18.1 Å². The third kappa shape index (κ3) is 4.11. The molecule has 0 bridgehead atoms. The molecule has 0 spiro atoms. The Kier molecular flexibility index (Phi) is 4.62. The summed E-state index contributed by atoms with van der Waals surface area (Å²) >= 11 is 0. The van der Waals surface area contributed by atoms with Gasteiger partial charge in [-0.3, -0.25) is 4.79 Å². The molecule has 0 unspecified atom stereocenters. The quantitative estimate of drug-likeness (QED) is 0.939. The second kappa shape index (κ2) is 6.62. The lowest BCUT2D eigenvalue weighted by atomic mass is 10.1. The Bertz CT molecular complexity index is 690. The minimum absolute atomic E-state index is 0.00122. The standard InChI is InChI=1S/C16H12F2N2O/c17-14-6-5-13(15(18)8-14)10-20-16(21)7-11-1-3-12(9-19)4-2-11/h1-6,8H,7,10H2,(H,20,21). The highest BCUT2D eigenvalue weighted by Crippen LogP contribution is 2.09. The summed E-state index contributed by atoms with van der Waals surface area (Å²) in [6, 6.07) is 11.9. The van der Waals surface area contributed by atoms with Crippen LogP contribution in [0.15, 0.2) is 42.5 Å². The SMILES string of the molecule is N#Cc1ccc(CC(=O)NCc2ccc(F)cc2F)cc1. The zero-order valence-electron chi connectivity index (χ0n) is 11.1. The van der Waals surface area contributed by atoms with Crippen LogP contribution < -0.4 is 5.32 Å². The average Bonchev–Trinajstić information content (AvgIpc) is 2.47. The van der Waals surface area contributed by atoms with Gasteiger partial charge in [-0.25, -0.2) is 8.78 Å². The first-order valence-corrected chi connectivity index (χ1v) is 6.28.